The summed E-state index contributed by atoms with van der Waals surface area (Å²) < 4.78 is 13.4. The average Bonchev–Trinajstić information content (AvgIpc) is 2.96. The fourth-order valence-electron chi connectivity index (χ4n) is 3.40. The van der Waals surface area contributed by atoms with E-state index in [9.17, 15) is 9.59 Å². The molecule has 1 aromatic rings. The Bertz CT molecular complexity index is 647. The van der Waals surface area contributed by atoms with Crippen LogP contribution >= 0.6 is 0 Å². The van der Waals surface area contributed by atoms with Crippen LogP contribution in [0.2, 0.25) is 0 Å². The maximum Gasteiger partial charge on any atom is 0.253 e. The molecule has 1 N–H and O–H groups in total. The first kappa shape index (κ1) is 17.2. The zero-order chi connectivity index (χ0) is 17.2. The van der Waals surface area contributed by atoms with Gasteiger partial charge >= 0.3 is 0 Å². The number of nitrogens with one attached hydrogen (secondary N) is 1. The number of carbonyl (C=O) groups is 1. The van der Waals surface area contributed by atoms with Crippen LogP contribution in [-0.4, -0.2) is 35.5 Å². The van der Waals surface area contributed by atoms with Crippen molar-refractivity contribution in [1.29, 1.82) is 0 Å². The van der Waals surface area contributed by atoms with Gasteiger partial charge in [-0.1, -0.05) is 13.0 Å². The lowest BCUT2D eigenvalue weighted by Crippen LogP contribution is -2.39. The minimum absolute atomic E-state index is 0.0246. The molecule has 1 atom stereocenters. The number of amides is 1. The lowest BCUT2D eigenvalue weighted by Gasteiger charge is -2.34. The van der Waals surface area contributed by atoms with Gasteiger partial charge in [-0.2, -0.15) is 0 Å². The summed E-state index contributed by atoms with van der Waals surface area (Å²) in [5.74, 6) is 0.105. The summed E-state index contributed by atoms with van der Waals surface area (Å²) in [4.78, 5) is 24.0. The van der Waals surface area contributed by atoms with Gasteiger partial charge in [0.05, 0.1) is 6.61 Å². The standard InChI is InChI=1S/C18H26N2O4/c1-13-5-7-18(8-6-13)23-12-15(24-18)10-19-16(21)11-20-9-3-4-14(2)17(20)22/h3-4,9,13,15H,5-8,10-12H2,1-2H3,(H,19,21)/t13?,15-,18?/m1/s1. The van der Waals surface area contributed by atoms with E-state index in [1.165, 1.54) is 4.57 Å². The van der Waals surface area contributed by atoms with Crippen LogP contribution in [0.3, 0.4) is 0 Å². The Balaban J connectivity index is 1.47. The second kappa shape index (κ2) is 7.07. The third-order valence-electron chi connectivity index (χ3n) is 5.00. The molecule has 6 heteroatoms. The molecule has 2 aliphatic rings. The van der Waals surface area contributed by atoms with Crippen molar-refractivity contribution >= 4 is 5.91 Å². The van der Waals surface area contributed by atoms with Gasteiger partial charge in [-0.15, -0.1) is 0 Å². The summed E-state index contributed by atoms with van der Waals surface area (Å²) >= 11 is 0. The summed E-state index contributed by atoms with van der Waals surface area (Å²) in [5.41, 5.74) is 0.495. The van der Waals surface area contributed by atoms with E-state index in [2.05, 4.69) is 12.2 Å². The van der Waals surface area contributed by atoms with Crippen molar-refractivity contribution in [3.8, 4) is 0 Å². The van der Waals surface area contributed by atoms with Crippen molar-refractivity contribution in [1.82, 2.24) is 9.88 Å². The molecule has 0 unspecified atom stereocenters. The number of nitrogens with zero attached hydrogens (tertiary/aromatic N) is 1. The quantitative estimate of drug-likeness (QED) is 0.908. The van der Waals surface area contributed by atoms with E-state index < -0.39 is 5.79 Å². The fraction of sp³-hybridized carbons (Fsp3) is 0.667. The molecular weight excluding hydrogens is 308 g/mol. The monoisotopic (exact) mass is 334 g/mol. The molecule has 24 heavy (non-hydrogen) atoms. The van der Waals surface area contributed by atoms with Crippen LogP contribution in [0, 0.1) is 12.8 Å². The smallest absolute Gasteiger partial charge is 0.253 e. The van der Waals surface area contributed by atoms with Crippen LogP contribution < -0.4 is 10.9 Å². The molecule has 1 aliphatic carbocycles. The van der Waals surface area contributed by atoms with Gasteiger partial charge in [-0.25, -0.2) is 0 Å². The number of aromatic nitrogens is 1. The molecule has 2 fully saturated rings. The van der Waals surface area contributed by atoms with Gasteiger partial charge in [0.15, 0.2) is 5.79 Å². The van der Waals surface area contributed by atoms with Crippen LogP contribution in [0.5, 0.6) is 0 Å². The first-order chi connectivity index (χ1) is 11.5. The molecule has 132 valence electrons. The minimum atomic E-state index is -0.435. The van der Waals surface area contributed by atoms with Crippen LogP contribution in [0.1, 0.15) is 38.2 Å². The Morgan fingerprint density at radius 2 is 2.17 bits per heavy atom. The van der Waals surface area contributed by atoms with E-state index in [1.54, 1.807) is 25.3 Å². The molecule has 3 rings (SSSR count). The van der Waals surface area contributed by atoms with Crippen molar-refractivity contribution in [2.24, 2.45) is 5.92 Å². The Labute approximate surface area is 142 Å². The molecule has 1 saturated carbocycles. The Morgan fingerprint density at radius 1 is 1.42 bits per heavy atom. The molecule has 1 amide bonds. The molecule has 6 nitrogen and oxygen atoms in total. The van der Waals surface area contributed by atoms with E-state index in [4.69, 9.17) is 9.47 Å². The number of hydrogen-bond donors (Lipinski definition) is 1. The molecule has 1 aliphatic heterocycles. The van der Waals surface area contributed by atoms with Crippen LogP contribution in [-0.2, 0) is 20.8 Å². The van der Waals surface area contributed by atoms with Gasteiger partial charge in [0.25, 0.3) is 5.56 Å². The van der Waals surface area contributed by atoms with Crippen molar-refractivity contribution in [2.75, 3.05) is 13.2 Å². The molecule has 0 radical (unpaired) electrons. The highest BCUT2D eigenvalue weighted by molar-refractivity contribution is 5.75. The highest BCUT2D eigenvalue weighted by Gasteiger charge is 2.43. The maximum atomic E-state index is 12.1. The van der Waals surface area contributed by atoms with Crippen LogP contribution in [0.15, 0.2) is 23.1 Å². The zero-order valence-electron chi connectivity index (χ0n) is 14.4. The highest BCUT2D eigenvalue weighted by atomic mass is 16.7. The van der Waals surface area contributed by atoms with Gasteiger partial charge in [-0.05, 0) is 31.7 Å². The van der Waals surface area contributed by atoms with Crippen LogP contribution in [0.4, 0.5) is 0 Å². The Kier molecular flexibility index (Phi) is 5.06. The summed E-state index contributed by atoms with van der Waals surface area (Å²) in [6.45, 7) is 4.95. The third kappa shape index (κ3) is 3.87. The van der Waals surface area contributed by atoms with Gasteiger partial charge in [0, 0.05) is 31.1 Å². The number of pyridine rings is 1. The molecule has 1 spiro atoms. The topological polar surface area (TPSA) is 69.6 Å². The van der Waals surface area contributed by atoms with Gasteiger partial charge in [0.1, 0.15) is 12.6 Å². The van der Waals surface area contributed by atoms with Gasteiger partial charge in [0.2, 0.25) is 5.91 Å². The van der Waals surface area contributed by atoms with E-state index in [0.717, 1.165) is 31.6 Å². The predicted molar refractivity (Wildman–Crippen MR) is 89.6 cm³/mol. The summed E-state index contributed by atoms with van der Waals surface area (Å²) in [6, 6.07) is 3.51. The second-order valence-corrected chi connectivity index (χ2v) is 7.07. The molecule has 0 bridgehead atoms. The molecule has 1 aromatic heterocycles. The number of carbonyl (C=O) groups excluding carboxylic acids is 1. The lowest BCUT2D eigenvalue weighted by atomic mass is 9.86. The predicted octanol–water partition coefficient (Wildman–Crippen LogP) is 1.59. The van der Waals surface area contributed by atoms with E-state index in [-0.39, 0.29) is 24.1 Å². The molecular formula is C18H26N2O4. The number of hydrogen-bond acceptors (Lipinski definition) is 4. The number of ether oxygens (including phenoxy) is 2. The normalized spacial score (nSPS) is 29.8. The SMILES string of the molecule is Cc1cccn(CC(=O)NC[C@@H]2COC3(CCC(C)CC3)O2)c1=O. The largest absolute Gasteiger partial charge is 0.352 e. The van der Waals surface area contributed by atoms with Gasteiger partial charge < -0.3 is 19.4 Å². The Hall–Kier alpha value is -1.66. The summed E-state index contributed by atoms with van der Waals surface area (Å²) in [7, 11) is 0. The average molecular weight is 334 g/mol. The maximum absolute atomic E-state index is 12.1. The first-order valence-corrected chi connectivity index (χ1v) is 8.72. The second-order valence-electron chi connectivity index (χ2n) is 7.07. The van der Waals surface area contributed by atoms with Crippen LogP contribution in [0.25, 0.3) is 0 Å². The Morgan fingerprint density at radius 3 is 2.92 bits per heavy atom. The van der Waals surface area contributed by atoms with Crippen molar-refractivity contribution in [3.63, 3.8) is 0 Å². The number of rotatable bonds is 4. The van der Waals surface area contributed by atoms with Gasteiger partial charge in [-0.3, -0.25) is 9.59 Å². The summed E-state index contributed by atoms with van der Waals surface area (Å²) in [5, 5.41) is 2.85. The van der Waals surface area contributed by atoms with E-state index in [0.29, 0.717) is 18.7 Å². The highest BCUT2D eigenvalue weighted by Crippen LogP contribution is 2.39. The molecule has 0 aromatic carbocycles. The molecule has 1 saturated heterocycles. The first-order valence-electron chi connectivity index (χ1n) is 8.72. The zero-order valence-corrected chi connectivity index (χ0v) is 14.4. The third-order valence-corrected chi connectivity index (χ3v) is 5.00. The number of aryl methyl sites for hydroxylation is 1. The van der Waals surface area contributed by atoms with E-state index >= 15 is 0 Å². The van der Waals surface area contributed by atoms with Crippen molar-refractivity contribution < 1.29 is 14.3 Å². The minimum Gasteiger partial charge on any atom is -0.352 e. The fourth-order valence-corrected chi connectivity index (χ4v) is 3.40. The van der Waals surface area contributed by atoms with E-state index in [1.807, 2.05) is 0 Å². The summed E-state index contributed by atoms with van der Waals surface area (Å²) in [6.07, 6.45) is 5.61. The lowest BCUT2D eigenvalue weighted by molar-refractivity contribution is -0.191. The molecule has 2 heterocycles. The van der Waals surface area contributed by atoms with Crippen molar-refractivity contribution in [3.05, 3.63) is 34.2 Å². The van der Waals surface area contributed by atoms with Crippen molar-refractivity contribution in [2.45, 2.75) is 58.0 Å².